The number of aliphatic hydroxyl groups is 1. The van der Waals surface area contributed by atoms with E-state index in [0.29, 0.717) is 12.5 Å². The molecular weight excluding hydrogens is 278 g/mol. The van der Waals surface area contributed by atoms with Gasteiger partial charge in [0, 0.05) is 21.5 Å². The lowest BCUT2D eigenvalue weighted by atomic mass is 9.70. The molecule has 1 saturated carbocycles. The Morgan fingerprint density at radius 1 is 1.43 bits per heavy atom. The van der Waals surface area contributed by atoms with Crippen molar-refractivity contribution in [2.24, 2.45) is 17.1 Å². The number of benzene rings is 1. The number of thiophene rings is 1. The van der Waals surface area contributed by atoms with Crippen molar-refractivity contribution in [3.8, 4) is 0 Å². The van der Waals surface area contributed by atoms with Crippen LogP contribution in [0.1, 0.15) is 44.4 Å². The molecule has 21 heavy (non-hydrogen) atoms. The lowest BCUT2D eigenvalue weighted by Crippen LogP contribution is -2.46. The van der Waals surface area contributed by atoms with Gasteiger partial charge in [0.05, 0.1) is 0 Å². The van der Waals surface area contributed by atoms with Gasteiger partial charge in [0.25, 0.3) is 0 Å². The van der Waals surface area contributed by atoms with Crippen LogP contribution in [0.5, 0.6) is 0 Å². The first-order valence-electron chi connectivity index (χ1n) is 7.94. The summed E-state index contributed by atoms with van der Waals surface area (Å²) in [5.41, 5.74) is 5.14. The zero-order valence-corrected chi connectivity index (χ0v) is 13.7. The van der Waals surface area contributed by atoms with Crippen LogP contribution in [-0.4, -0.2) is 11.7 Å². The average Bonchev–Trinajstić information content (AvgIpc) is 3.12. The molecule has 0 aliphatic heterocycles. The molecule has 0 spiro atoms. The molecule has 0 bridgehead atoms. The summed E-state index contributed by atoms with van der Waals surface area (Å²) in [6, 6.07) is 10.5. The van der Waals surface area contributed by atoms with E-state index in [2.05, 4.69) is 37.3 Å². The van der Waals surface area contributed by atoms with Crippen molar-refractivity contribution in [2.45, 2.75) is 45.1 Å². The smallest absolute Gasteiger partial charge is 0.103 e. The normalized spacial score (nSPS) is 28.9. The van der Waals surface area contributed by atoms with Crippen LogP contribution in [0, 0.1) is 11.3 Å². The van der Waals surface area contributed by atoms with Crippen molar-refractivity contribution in [2.75, 3.05) is 6.54 Å². The van der Waals surface area contributed by atoms with E-state index in [1.165, 1.54) is 22.9 Å². The zero-order chi connectivity index (χ0) is 15.1. The Balaban J connectivity index is 2.01. The van der Waals surface area contributed by atoms with Crippen LogP contribution in [0.15, 0.2) is 30.3 Å². The Kier molecular flexibility index (Phi) is 3.85. The van der Waals surface area contributed by atoms with Gasteiger partial charge in [-0.1, -0.05) is 31.5 Å². The maximum atomic E-state index is 11.4. The van der Waals surface area contributed by atoms with E-state index in [1.54, 1.807) is 11.3 Å². The van der Waals surface area contributed by atoms with Crippen LogP contribution in [0.25, 0.3) is 10.1 Å². The molecule has 114 valence electrons. The lowest BCUT2D eigenvalue weighted by Gasteiger charge is -2.42. The monoisotopic (exact) mass is 303 g/mol. The highest BCUT2D eigenvalue weighted by Gasteiger charge is 2.51. The number of hydrogen-bond acceptors (Lipinski definition) is 3. The summed E-state index contributed by atoms with van der Waals surface area (Å²) in [4.78, 5) is 1.06. The molecular formula is C18H25NOS. The molecule has 3 heteroatoms. The van der Waals surface area contributed by atoms with Crippen LogP contribution in [0.3, 0.4) is 0 Å². The highest BCUT2D eigenvalue weighted by Crippen LogP contribution is 2.54. The number of hydrogen-bond donors (Lipinski definition) is 2. The van der Waals surface area contributed by atoms with Crippen molar-refractivity contribution in [3.63, 3.8) is 0 Å². The van der Waals surface area contributed by atoms with E-state index in [9.17, 15) is 5.11 Å². The van der Waals surface area contributed by atoms with Crippen LogP contribution < -0.4 is 5.73 Å². The molecule has 2 aromatic rings. The molecule has 1 fully saturated rings. The first-order valence-corrected chi connectivity index (χ1v) is 8.75. The standard InChI is InChI=1S/C18H25NOS/c1-3-13-8-9-18(11-13,12-19)17(2,20)16-10-14-6-4-5-7-15(14)21-16/h4-7,10,13,20H,3,8-9,11-12,19H2,1-2H3. The SMILES string of the molecule is CCC1CCC(CN)(C(C)(O)c2cc3ccccc3s2)C1. The van der Waals surface area contributed by atoms with Gasteiger partial charge in [-0.05, 0) is 49.6 Å². The van der Waals surface area contributed by atoms with Crippen molar-refractivity contribution in [3.05, 3.63) is 35.2 Å². The number of rotatable bonds is 4. The molecule has 3 atom stereocenters. The van der Waals surface area contributed by atoms with E-state index >= 15 is 0 Å². The largest absolute Gasteiger partial charge is 0.384 e. The number of fused-ring (bicyclic) bond motifs is 1. The van der Waals surface area contributed by atoms with Crippen LogP contribution >= 0.6 is 11.3 Å². The Bertz CT molecular complexity index is 600. The summed E-state index contributed by atoms with van der Waals surface area (Å²) in [7, 11) is 0. The highest BCUT2D eigenvalue weighted by molar-refractivity contribution is 7.19. The molecule has 0 amide bonds. The minimum atomic E-state index is -0.838. The summed E-state index contributed by atoms with van der Waals surface area (Å²) in [6.45, 7) is 4.78. The van der Waals surface area contributed by atoms with Gasteiger partial charge >= 0.3 is 0 Å². The molecule has 1 heterocycles. The lowest BCUT2D eigenvalue weighted by molar-refractivity contribution is -0.0685. The van der Waals surface area contributed by atoms with E-state index in [-0.39, 0.29) is 5.41 Å². The molecule has 1 aliphatic rings. The van der Waals surface area contributed by atoms with Gasteiger partial charge in [-0.3, -0.25) is 0 Å². The maximum absolute atomic E-state index is 11.4. The molecule has 0 saturated heterocycles. The summed E-state index contributed by atoms with van der Waals surface area (Å²) in [6.07, 6.45) is 4.45. The second kappa shape index (κ2) is 5.38. The van der Waals surface area contributed by atoms with Crippen molar-refractivity contribution in [1.29, 1.82) is 0 Å². The highest BCUT2D eigenvalue weighted by atomic mass is 32.1. The van der Waals surface area contributed by atoms with Gasteiger partial charge in [0.2, 0.25) is 0 Å². The summed E-state index contributed by atoms with van der Waals surface area (Å²) in [5.74, 6) is 0.703. The van der Waals surface area contributed by atoms with Crippen molar-refractivity contribution >= 4 is 21.4 Å². The summed E-state index contributed by atoms with van der Waals surface area (Å²) in [5, 5.41) is 12.6. The molecule has 2 nitrogen and oxygen atoms in total. The Morgan fingerprint density at radius 2 is 2.19 bits per heavy atom. The van der Waals surface area contributed by atoms with Gasteiger partial charge in [-0.2, -0.15) is 0 Å². The minimum Gasteiger partial charge on any atom is -0.384 e. The maximum Gasteiger partial charge on any atom is 0.103 e. The van der Waals surface area contributed by atoms with E-state index in [1.807, 2.05) is 6.92 Å². The van der Waals surface area contributed by atoms with Crippen LogP contribution in [-0.2, 0) is 5.60 Å². The molecule has 3 rings (SSSR count). The molecule has 3 unspecified atom stereocenters. The fourth-order valence-electron chi connectivity index (χ4n) is 3.89. The third kappa shape index (κ3) is 2.32. The van der Waals surface area contributed by atoms with Crippen LogP contribution in [0.4, 0.5) is 0 Å². The van der Waals surface area contributed by atoms with Crippen molar-refractivity contribution in [1.82, 2.24) is 0 Å². The second-order valence-electron chi connectivity index (χ2n) is 6.72. The van der Waals surface area contributed by atoms with E-state index in [0.717, 1.165) is 17.7 Å². The first kappa shape index (κ1) is 15.0. The Morgan fingerprint density at radius 3 is 2.81 bits per heavy atom. The Labute approximate surface area is 131 Å². The minimum absolute atomic E-state index is 0.172. The third-order valence-electron chi connectivity index (χ3n) is 5.62. The van der Waals surface area contributed by atoms with Gasteiger partial charge in [0.15, 0.2) is 0 Å². The predicted octanol–water partition coefficient (Wildman–Crippen LogP) is 4.26. The van der Waals surface area contributed by atoms with Crippen molar-refractivity contribution < 1.29 is 5.11 Å². The predicted molar refractivity (Wildman–Crippen MR) is 90.5 cm³/mol. The third-order valence-corrected chi connectivity index (χ3v) is 6.94. The van der Waals surface area contributed by atoms with E-state index in [4.69, 9.17) is 5.73 Å². The molecule has 0 radical (unpaired) electrons. The van der Waals surface area contributed by atoms with Gasteiger partial charge in [-0.15, -0.1) is 11.3 Å². The topological polar surface area (TPSA) is 46.2 Å². The Hall–Kier alpha value is -0.900. The second-order valence-corrected chi connectivity index (χ2v) is 7.81. The average molecular weight is 303 g/mol. The van der Waals surface area contributed by atoms with E-state index < -0.39 is 5.60 Å². The fraction of sp³-hybridized carbons (Fsp3) is 0.556. The molecule has 1 aromatic carbocycles. The molecule has 3 N–H and O–H groups in total. The zero-order valence-electron chi connectivity index (χ0n) is 12.9. The summed E-state index contributed by atoms with van der Waals surface area (Å²) < 4.78 is 1.24. The van der Waals surface area contributed by atoms with Gasteiger partial charge < -0.3 is 10.8 Å². The molecule has 1 aromatic heterocycles. The summed E-state index contributed by atoms with van der Waals surface area (Å²) >= 11 is 1.71. The quantitative estimate of drug-likeness (QED) is 0.886. The van der Waals surface area contributed by atoms with Gasteiger partial charge in [-0.25, -0.2) is 0 Å². The fourth-order valence-corrected chi connectivity index (χ4v) is 5.12. The number of nitrogens with two attached hydrogens (primary N) is 1. The van der Waals surface area contributed by atoms with Crippen LogP contribution in [0.2, 0.25) is 0 Å². The van der Waals surface area contributed by atoms with Gasteiger partial charge in [0.1, 0.15) is 5.60 Å². The molecule has 1 aliphatic carbocycles. The first-order chi connectivity index (χ1) is 10.0.